The van der Waals surface area contributed by atoms with Gasteiger partial charge in [0.05, 0.1) is 23.5 Å². The van der Waals surface area contributed by atoms with E-state index >= 15 is 0 Å². The van der Waals surface area contributed by atoms with Crippen molar-refractivity contribution in [2.75, 3.05) is 5.32 Å². The summed E-state index contributed by atoms with van der Waals surface area (Å²) >= 11 is 0. The molecule has 0 aromatic carbocycles. The van der Waals surface area contributed by atoms with E-state index in [2.05, 4.69) is 20.3 Å². The molecule has 0 spiro atoms. The van der Waals surface area contributed by atoms with Crippen LogP contribution in [0.4, 0.5) is 5.95 Å². The van der Waals surface area contributed by atoms with E-state index in [0.717, 1.165) is 5.69 Å². The standard InChI is InChI=1S/C13H14N4O2/c1-2-11-10(12(18)19)8-16-13(17-11)15-7-9-5-3-4-6-14-9/h3-6,8H,2,7H2,1H3,(H,18,19)(H,15,16,17). The number of carbonyl (C=O) groups is 1. The highest BCUT2D eigenvalue weighted by atomic mass is 16.4. The van der Waals surface area contributed by atoms with E-state index in [4.69, 9.17) is 5.11 Å². The van der Waals surface area contributed by atoms with Crippen molar-refractivity contribution < 1.29 is 9.90 Å². The van der Waals surface area contributed by atoms with E-state index in [1.54, 1.807) is 6.20 Å². The van der Waals surface area contributed by atoms with Gasteiger partial charge in [0.2, 0.25) is 5.95 Å². The average Bonchev–Trinajstić information content (AvgIpc) is 2.45. The number of aromatic carboxylic acids is 1. The molecule has 6 heteroatoms. The van der Waals surface area contributed by atoms with Crippen LogP contribution in [0.5, 0.6) is 0 Å². The molecule has 2 heterocycles. The molecule has 0 saturated carbocycles. The number of rotatable bonds is 5. The second-order valence-electron chi connectivity index (χ2n) is 3.89. The van der Waals surface area contributed by atoms with Gasteiger partial charge in [-0.05, 0) is 18.6 Å². The van der Waals surface area contributed by atoms with Gasteiger partial charge in [-0.1, -0.05) is 13.0 Å². The molecule has 0 atom stereocenters. The third-order valence-corrected chi connectivity index (χ3v) is 2.59. The number of pyridine rings is 1. The number of nitrogens with one attached hydrogen (secondary N) is 1. The quantitative estimate of drug-likeness (QED) is 0.849. The molecule has 2 aromatic rings. The van der Waals surface area contributed by atoms with Crippen molar-refractivity contribution in [3.8, 4) is 0 Å². The Labute approximate surface area is 110 Å². The Morgan fingerprint density at radius 1 is 1.37 bits per heavy atom. The van der Waals surface area contributed by atoms with Crippen molar-refractivity contribution in [2.24, 2.45) is 0 Å². The van der Waals surface area contributed by atoms with Crippen LogP contribution in [-0.4, -0.2) is 26.0 Å². The van der Waals surface area contributed by atoms with Gasteiger partial charge >= 0.3 is 5.97 Å². The number of carboxylic acid groups (broad SMARTS) is 1. The van der Waals surface area contributed by atoms with Crippen molar-refractivity contribution in [1.29, 1.82) is 0 Å². The fourth-order valence-electron chi connectivity index (χ4n) is 1.62. The highest BCUT2D eigenvalue weighted by molar-refractivity contribution is 5.88. The van der Waals surface area contributed by atoms with Crippen molar-refractivity contribution in [3.63, 3.8) is 0 Å². The van der Waals surface area contributed by atoms with Crippen LogP contribution < -0.4 is 5.32 Å². The van der Waals surface area contributed by atoms with Crippen LogP contribution in [0.25, 0.3) is 0 Å². The number of carboxylic acids is 1. The van der Waals surface area contributed by atoms with Gasteiger partial charge in [0.25, 0.3) is 0 Å². The van der Waals surface area contributed by atoms with Crippen molar-refractivity contribution >= 4 is 11.9 Å². The van der Waals surface area contributed by atoms with E-state index in [-0.39, 0.29) is 5.56 Å². The molecular formula is C13H14N4O2. The second-order valence-corrected chi connectivity index (χ2v) is 3.89. The van der Waals surface area contributed by atoms with Crippen LogP contribution in [0.2, 0.25) is 0 Å². The number of aryl methyl sites for hydroxylation is 1. The number of aromatic nitrogens is 3. The van der Waals surface area contributed by atoms with Crippen LogP contribution in [0.1, 0.15) is 28.7 Å². The van der Waals surface area contributed by atoms with Crippen molar-refractivity contribution in [1.82, 2.24) is 15.0 Å². The van der Waals surface area contributed by atoms with Gasteiger partial charge in [-0.25, -0.2) is 14.8 Å². The normalized spacial score (nSPS) is 10.2. The van der Waals surface area contributed by atoms with Gasteiger partial charge in [-0.3, -0.25) is 4.98 Å². The van der Waals surface area contributed by atoms with Gasteiger partial charge in [0.1, 0.15) is 0 Å². The van der Waals surface area contributed by atoms with E-state index in [0.29, 0.717) is 24.6 Å². The lowest BCUT2D eigenvalue weighted by atomic mass is 10.2. The molecule has 0 bridgehead atoms. The first-order chi connectivity index (χ1) is 9.20. The lowest BCUT2D eigenvalue weighted by molar-refractivity contribution is 0.0694. The molecule has 2 rings (SSSR count). The first-order valence-corrected chi connectivity index (χ1v) is 5.93. The van der Waals surface area contributed by atoms with Crippen LogP contribution in [0.15, 0.2) is 30.6 Å². The first kappa shape index (κ1) is 12.9. The Bertz CT molecular complexity index is 572. The fourth-order valence-corrected chi connectivity index (χ4v) is 1.62. The molecule has 0 fully saturated rings. The highest BCUT2D eigenvalue weighted by Crippen LogP contribution is 2.09. The van der Waals surface area contributed by atoms with Gasteiger partial charge in [0, 0.05) is 12.4 Å². The van der Waals surface area contributed by atoms with Crippen molar-refractivity contribution in [2.45, 2.75) is 19.9 Å². The fraction of sp³-hybridized carbons (Fsp3) is 0.231. The SMILES string of the molecule is CCc1nc(NCc2ccccn2)ncc1C(=O)O. The summed E-state index contributed by atoms with van der Waals surface area (Å²) in [5.74, 6) is -0.597. The second kappa shape index (κ2) is 5.90. The highest BCUT2D eigenvalue weighted by Gasteiger charge is 2.11. The van der Waals surface area contributed by atoms with E-state index in [9.17, 15) is 4.79 Å². The zero-order chi connectivity index (χ0) is 13.7. The smallest absolute Gasteiger partial charge is 0.339 e. The largest absolute Gasteiger partial charge is 0.478 e. The zero-order valence-corrected chi connectivity index (χ0v) is 10.5. The number of hydrogen-bond donors (Lipinski definition) is 2. The molecule has 0 aliphatic carbocycles. The van der Waals surface area contributed by atoms with Gasteiger partial charge in [-0.2, -0.15) is 0 Å². The number of nitrogens with zero attached hydrogens (tertiary/aromatic N) is 3. The summed E-state index contributed by atoms with van der Waals surface area (Å²) in [5.41, 5.74) is 1.53. The first-order valence-electron chi connectivity index (χ1n) is 5.93. The number of anilines is 1. The zero-order valence-electron chi connectivity index (χ0n) is 10.5. The third kappa shape index (κ3) is 3.25. The summed E-state index contributed by atoms with van der Waals surface area (Å²) in [6.07, 6.45) is 3.58. The Hall–Kier alpha value is -2.50. The van der Waals surface area contributed by atoms with Crippen molar-refractivity contribution in [3.05, 3.63) is 47.5 Å². The summed E-state index contributed by atoms with van der Waals surface area (Å²) in [6.45, 7) is 2.35. The van der Waals surface area contributed by atoms with Crippen LogP contribution >= 0.6 is 0 Å². The minimum absolute atomic E-state index is 0.144. The summed E-state index contributed by atoms with van der Waals surface area (Å²) in [7, 11) is 0. The molecular weight excluding hydrogens is 244 g/mol. The Morgan fingerprint density at radius 2 is 2.21 bits per heavy atom. The lowest BCUT2D eigenvalue weighted by Crippen LogP contribution is -2.10. The molecule has 2 aromatic heterocycles. The minimum atomic E-state index is -1.01. The predicted molar refractivity (Wildman–Crippen MR) is 69.9 cm³/mol. The molecule has 19 heavy (non-hydrogen) atoms. The van der Waals surface area contributed by atoms with Crippen LogP contribution in [0, 0.1) is 0 Å². The third-order valence-electron chi connectivity index (χ3n) is 2.59. The molecule has 0 aliphatic heterocycles. The van der Waals surface area contributed by atoms with Crippen LogP contribution in [0.3, 0.4) is 0 Å². The molecule has 0 unspecified atom stereocenters. The van der Waals surface area contributed by atoms with E-state index in [1.807, 2.05) is 25.1 Å². The molecule has 0 amide bonds. The molecule has 2 N–H and O–H groups in total. The maximum atomic E-state index is 11.0. The summed E-state index contributed by atoms with van der Waals surface area (Å²) < 4.78 is 0. The number of hydrogen-bond acceptors (Lipinski definition) is 5. The Morgan fingerprint density at radius 3 is 2.84 bits per heavy atom. The summed E-state index contributed by atoms with van der Waals surface area (Å²) in [5, 5.41) is 12.0. The lowest BCUT2D eigenvalue weighted by Gasteiger charge is -2.07. The maximum Gasteiger partial charge on any atom is 0.339 e. The van der Waals surface area contributed by atoms with Gasteiger partial charge in [-0.15, -0.1) is 0 Å². The average molecular weight is 258 g/mol. The molecule has 98 valence electrons. The Kier molecular flexibility index (Phi) is 4.02. The summed E-state index contributed by atoms with van der Waals surface area (Å²) in [4.78, 5) is 23.3. The molecule has 0 saturated heterocycles. The predicted octanol–water partition coefficient (Wildman–Crippen LogP) is 1.74. The van der Waals surface area contributed by atoms with Gasteiger partial charge < -0.3 is 10.4 Å². The topological polar surface area (TPSA) is 88.0 Å². The minimum Gasteiger partial charge on any atom is -0.478 e. The summed E-state index contributed by atoms with van der Waals surface area (Å²) in [6, 6.07) is 5.63. The Balaban J connectivity index is 2.11. The van der Waals surface area contributed by atoms with Crippen LogP contribution in [-0.2, 0) is 13.0 Å². The van der Waals surface area contributed by atoms with E-state index in [1.165, 1.54) is 6.20 Å². The monoisotopic (exact) mass is 258 g/mol. The molecule has 6 nitrogen and oxygen atoms in total. The molecule has 0 aliphatic rings. The molecule has 0 radical (unpaired) electrons. The van der Waals surface area contributed by atoms with E-state index < -0.39 is 5.97 Å². The van der Waals surface area contributed by atoms with Gasteiger partial charge in [0.15, 0.2) is 0 Å². The maximum absolute atomic E-state index is 11.0.